The molecule has 0 radical (unpaired) electrons. The Morgan fingerprint density at radius 3 is 2.76 bits per heavy atom. The Labute approximate surface area is 124 Å². The van der Waals surface area contributed by atoms with Crippen molar-refractivity contribution in [3.05, 3.63) is 41.7 Å². The van der Waals surface area contributed by atoms with E-state index in [4.69, 9.17) is 4.74 Å². The molecule has 112 valence electrons. The molecule has 0 aliphatic rings. The fourth-order valence-electron chi connectivity index (χ4n) is 1.98. The first-order valence-corrected chi connectivity index (χ1v) is 7.05. The van der Waals surface area contributed by atoms with Gasteiger partial charge in [-0.15, -0.1) is 5.10 Å². The Hall–Kier alpha value is -2.21. The van der Waals surface area contributed by atoms with Gasteiger partial charge in [-0.05, 0) is 18.6 Å². The van der Waals surface area contributed by atoms with Crippen molar-refractivity contribution >= 4 is 5.91 Å². The van der Waals surface area contributed by atoms with Crippen molar-refractivity contribution in [2.24, 2.45) is 0 Å². The second-order valence-electron chi connectivity index (χ2n) is 4.67. The predicted octanol–water partition coefficient (Wildman–Crippen LogP) is 1.94. The first-order valence-electron chi connectivity index (χ1n) is 7.05. The van der Waals surface area contributed by atoms with Gasteiger partial charge in [0.1, 0.15) is 5.69 Å². The van der Waals surface area contributed by atoms with Crippen molar-refractivity contribution in [3.63, 3.8) is 0 Å². The largest absolute Gasteiger partial charge is 0.378 e. The van der Waals surface area contributed by atoms with Gasteiger partial charge in [0, 0.05) is 13.7 Å². The van der Waals surface area contributed by atoms with Crippen LogP contribution in [0.15, 0.2) is 30.3 Å². The predicted molar refractivity (Wildman–Crippen MR) is 79.3 cm³/mol. The molecule has 1 N–H and O–H groups in total. The number of aromatic nitrogens is 3. The van der Waals surface area contributed by atoms with Gasteiger partial charge in [0.2, 0.25) is 0 Å². The third kappa shape index (κ3) is 3.66. The second-order valence-corrected chi connectivity index (χ2v) is 4.67. The number of nitrogens with zero attached hydrogens (tertiary/aromatic N) is 3. The van der Waals surface area contributed by atoms with Gasteiger partial charge in [-0.25, -0.2) is 4.68 Å². The van der Waals surface area contributed by atoms with E-state index >= 15 is 0 Å². The van der Waals surface area contributed by atoms with Crippen LogP contribution in [0.5, 0.6) is 0 Å². The number of benzene rings is 1. The number of amides is 1. The monoisotopic (exact) mass is 288 g/mol. The molecule has 0 aliphatic heterocycles. The average Bonchev–Trinajstić information content (AvgIpc) is 2.92. The van der Waals surface area contributed by atoms with E-state index in [1.807, 2.05) is 30.3 Å². The highest BCUT2D eigenvalue weighted by Gasteiger charge is 2.20. The summed E-state index contributed by atoms with van der Waals surface area (Å²) in [4.78, 5) is 12.2. The standard InChI is InChI=1S/C15H20N4O2/c1-3-4-10-16-15(20)14-13(11-21-2)19(18-17-14)12-8-6-5-7-9-12/h5-9H,3-4,10-11H2,1-2H3,(H,16,20). The minimum atomic E-state index is -0.210. The van der Waals surface area contributed by atoms with E-state index in [-0.39, 0.29) is 12.5 Å². The van der Waals surface area contributed by atoms with Crippen molar-refractivity contribution in [3.8, 4) is 5.69 Å². The lowest BCUT2D eigenvalue weighted by atomic mass is 10.2. The van der Waals surface area contributed by atoms with Crippen LogP contribution in [0, 0.1) is 0 Å². The molecule has 1 heterocycles. The lowest BCUT2D eigenvalue weighted by molar-refractivity contribution is 0.0942. The van der Waals surface area contributed by atoms with E-state index in [1.54, 1.807) is 11.8 Å². The third-order valence-corrected chi connectivity index (χ3v) is 3.08. The molecule has 2 aromatic rings. The van der Waals surface area contributed by atoms with E-state index in [1.165, 1.54) is 0 Å². The van der Waals surface area contributed by atoms with Crippen LogP contribution in [0.2, 0.25) is 0 Å². The summed E-state index contributed by atoms with van der Waals surface area (Å²) >= 11 is 0. The van der Waals surface area contributed by atoms with Crippen molar-refractivity contribution in [1.82, 2.24) is 20.3 Å². The second kappa shape index (κ2) is 7.54. The van der Waals surface area contributed by atoms with Crippen molar-refractivity contribution in [1.29, 1.82) is 0 Å². The van der Waals surface area contributed by atoms with Crippen LogP contribution >= 0.6 is 0 Å². The maximum absolute atomic E-state index is 12.2. The van der Waals surface area contributed by atoms with Gasteiger partial charge in [-0.2, -0.15) is 0 Å². The minimum absolute atomic E-state index is 0.210. The number of para-hydroxylation sites is 1. The summed E-state index contributed by atoms with van der Waals surface area (Å²) in [5, 5.41) is 10.9. The highest BCUT2D eigenvalue weighted by molar-refractivity contribution is 5.93. The van der Waals surface area contributed by atoms with Crippen LogP contribution < -0.4 is 5.32 Å². The Morgan fingerprint density at radius 1 is 1.33 bits per heavy atom. The quantitative estimate of drug-likeness (QED) is 0.791. The number of rotatable bonds is 7. The van der Waals surface area contributed by atoms with Crippen LogP contribution in [-0.4, -0.2) is 34.6 Å². The Kier molecular flexibility index (Phi) is 5.45. The molecule has 21 heavy (non-hydrogen) atoms. The molecule has 6 heteroatoms. The topological polar surface area (TPSA) is 69.0 Å². The van der Waals surface area contributed by atoms with Crippen molar-refractivity contribution < 1.29 is 9.53 Å². The van der Waals surface area contributed by atoms with Crippen LogP contribution in [0.3, 0.4) is 0 Å². The average molecular weight is 288 g/mol. The summed E-state index contributed by atoms with van der Waals surface area (Å²) in [5.41, 5.74) is 1.82. The van der Waals surface area contributed by atoms with E-state index < -0.39 is 0 Å². The molecule has 0 fully saturated rings. The maximum Gasteiger partial charge on any atom is 0.273 e. The van der Waals surface area contributed by atoms with E-state index in [2.05, 4.69) is 22.6 Å². The molecule has 0 bridgehead atoms. The van der Waals surface area contributed by atoms with Gasteiger partial charge in [-0.1, -0.05) is 36.8 Å². The molecule has 2 rings (SSSR count). The van der Waals surface area contributed by atoms with Crippen molar-refractivity contribution in [2.75, 3.05) is 13.7 Å². The number of ether oxygens (including phenoxy) is 1. The first kappa shape index (κ1) is 15.2. The number of unbranched alkanes of at least 4 members (excludes halogenated alkanes) is 1. The van der Waals surface area contributed by atoms with Gasteiger partial charge < -0.3 is 10.1 Å². The number of hydrogen-bond donors (Lipinski definition) is 1. The van der Waals surface area contributed by atoms with Crippen LogP contribution in [0.1, 0.15) is 35.9 Å². The molecule has 0 saturated carbocycles. The van der Waals surface area contributed by atoms with E-state index in [9.17, 15) is 4.79 Å². The van der Waals surface area contributed by atoms with Crippen LogP contribution in [0.25, 0.3) is 5.69 Å². The molecule has 1 aromatic carbocycles. The van der Waals surface area contributed by atoms with E-state index in [0.29, 0.717) is 17.9 Å². The summed E-state index contributed by atoms with van der Waals surface area (Å²) in [6.45, 7) is 2.99. The smallest absolute Gasteiger partial charge is 0.273 e. The summed E-state index contributed by atoms with van der Waals surface area (Å²) in [6.07, 6.45) is 1.97. The SMILES string of the molecule is CCCCNC(=O)c1nnn(-c2ccccc2)c1COC. The van der Waals surface area contributed by atoms with Gasteiger partial charge in [0.25, 0.3) is 5.91 Å². The summed E-state index contributed by atoms with van der Waals surface area (Å²) < 4.78 is 6.82. The van der Waals surface area contributed by atoms with Crippen molar-refractivity contribution in [2.45, 2.75) is 26.4 Å². The highest BCUT2D eigenvalue weighted by atomic mass is 16.5. The van der Waals surface area contributed by atoms with Gasteiger partial charge in [-0.3, -0.25) is 4.79 Å². The van der Waals surface area contributed by atoms with E-state index in [0.717, 1.165) is 18.5 Å². The maximum atomic E-state index is 12.2. The molecular formula is C15H20N4O2. The van der Waals surface area contributed by atoms with Gasteiger partial charge in [0.05, 0.1) is 12.3 Å². The first-order chi connectivity index (χ1) is 10.3. The van der Waals surface area contributed by atoms with Gasteiger partial charge in [0.15, 0.2) is 5.69 Å². The fourth-order valence-corrected chi connectivity index (χ4v) is 1.98. The molecule has 0 unspecified atom stereocenters. The normalized spacial score (nSPS) is 10.6. The fraction of sp³-hybridized carbons (Fsp3) is 0.400. The zero-order valence-corrected chi connectivity index (χ0v) is 12.4. The molecule has 0 saturated heterocycles. The summed E-state index contributed by atoms with van der Waals surface area (Å²) in [5.74, 6) is -0.210. The number of carbonyl (C=O) groups is 1. The van der Waals surface area contributed by atoms with Crippen LogP contribution in [-0.2, 0) is 11.3 Å². The lowest BCUT2D eigenvalue weighted by Crippen LogP contribution is -2.26. The zero-order chi connectivity index (χ0) is 15.1. The number of methoxy groups -OCH3 is 1. The molecule has 6 nitrogen and oxygen atoms in total. The summed E-state index contributed by atoms with van der Waals surface area (Å²) in [7, 11) is 1.58. The summed E-state index contributed by atoms with van der Waals surface area (Å²) in [6, 6.07) is 9.57. The molecule has 0 aliphatic carbocycles. The minimum Gasteiger partial charge on any atom is -0.378 e. The molecule has 1 aromatic heterocycles. The molecular weight excluding hydrogens is 268 g/mol. The Morgan fingerprint density at radius 2 is 2.10 bits per heavy atom. The Bertz CT molecular complexity index is 581. The molecule has 0 spiro atoms. The number of hydrogen-bond acceptors (Lipinski definition) is 4. The number of carbonyl (C=O) groups excluding carboxylic acids is 1. The van der Waals surface area contributed by atoms with Gasteiger partial charge >= 0.3 is 0 Å². The Balaban J connectivity index is 2.26. The molecule has 1 amide bonds. The number of nitrogens with one attached hydrogen (secondary N) is 1. The molecule has 0 atom stereocenters. The third-order valence-electron chi connectivity index (χ3n) is 3.08. The lowest BCUT2D eigenvalue weighted by Gasteiger charge is -2.07. The van der Waals surface area contributed by atoms with Crippen LogP contribution in [0.4, 0.5) is 0 Å². The zero-order valence-electron chi connectivity index (χ0n) is 12.4. The highest BCUT2D eigenvalue weighted by Crippen LogP contribution is 2.13.